The van der Waals surface area contributed by atoms with Crippen molar-refractivity contribution in [3.05, 3.63) is 18.0 Å². The SMILES string of the molecule is CCS(=O)(=O)N1CCN(C(=O)CCc2cn[nH]c2)CC1. The van der Waals surface area contributed by atoms with Gasteiger partial charge >= 0.3 is 0 Å². The smallest absolute Gasteiger partial charge is 0.222 e. The number of hydrogen-bond donors (Lipinski definition) is 1. The first-order valence-electron chi connectivity index (χ1n) is 6.76. The van der Waals surface area contributed by atoms with Crippen LogP contribution in [0.4, 0.5) is 0 Å². The molecule has 0 aromatic carbocycles. The zero-order valence-electron chi connectivity index (χ0n) is 11.6. The Bertz CT molecular complexity index is 533. The molecule has 0 bridgehead atoms. The van der Waals surface area contributed by atoms with Crippen LogP contribution in [-0.2, 0) is 21.2 Å². The second-order valence-corrected chi connectivity index (χ2v) is 7.04. The van der Waals surface area contributed by atoms with Gasteiger partial charge in [-0.05, 0) is 18.9 Å². The van der Waals surface area contributed by atoms with Crippen LogP contribution in [-0.4, -0.2) is 65.7 Å². The van der Waals surface area contributed by atoms with Gasteiger partial charge in [0.15, 0.2) is 0 Å². The molecule has 8 heteroatoms. The lowest BCUT2D eigenvalue weighted by Crippen LogP contribution is -2.50. The van der Waals surface area contributed by atoms with E-state index in [1.165, 1.54) is 4.31 Å². The standard InChI is InChI=1S/C12H20N4O3S/c1-2-20(18,19)16-7-5-15(6-8-16)12(17)4-3-11-9-13-14-10-11/h9-10H,2-8H2,1H3,(H,13,14). The maximum Gasteiger partial charge on any atom is 0.222 e. The molecular weight excluding hydrogens is 280 g/mol. The molecule has 1 aromatic rings. The molecule has 20 heavy (non-hydrogen) atoms. The van der Waals surface area contributed by atoms with E-state index in [0.29, 0.717) is 39.0 Å². The number of H-pyrrole nitrogens is 1. The number of nitrogens with one attached hydrogen (secondary N) is 1. The summed E-state index contributed by atoms with van der Waals surface area (Å²) < 4.78 is 24.9. The van der Waals surface area contributed by atoms with Gasteiger partial charge in [0.1, 0.15) is 0 Å². The van der Waals surface area contributed by atoms with Crippen molar-refractivity contribution in [2.45, 2.75) is 19.8 Å². The van der Waals surface area contributed by atoms with Crippen molar-refractivity contribution in [2.75, 3.05) is 31.9 Å². The highest BCUT2D eigenvalue weighted by molar-refractivity contribution is 7.89. The number of aromatic nitrogens is 2. The minimum absolute atomic E-state index is 0.0692. The lowest BCUT2D eigenvalue weighted by molar-refractivity contribution is -0.132. The van der Waals surface area contributed by atoms with Crippen molar-refractivity contribution in [2.24, 2.45) is 0 Å². The monoisotopic (exact) mass is 300 g/mol. The lowest BCUT2D eigenvalue weighted by atomic mass is 10.2. The molecule has 1 amide bonds. The third-order valence-electron chi connectivity index (χ3n) is 3.53. The predicted molar refractivity (Wildman–Crippen MR) is 74.5 cm³/mol. The number of hydrogen-bond acceptors (Lipinski definition) is 4. The van der Waals surface area contributed by atoms with Crippen molar-refractivity contribution in [1.29, 1.82) is 0 Å². The Morgan fingerprint density at radius 3 is 2.60 bits per heavy atom. The first-order valence-corrected chi connectivity index (χ1v) is 8.37. The summed E-state index contributed by atoms with van der Waals surface area (Å²) in [7, 11) is -3.14. The Morgan fingerprint density at radius 1 is 1.35 bits per heavy atom. The zero-order chi connectivity index (χ0) is 14.6. The van der Waals surface area contributed by atoms with Crippen LogP contribution in [0, 0.1) is 0 Å². The number of piperazine rings is 1. The predicted octanol–water partition coefficient (Wildman–Crippen LogP) is -0.164. The van der Waals surface area contributed by atoms with E-state index in [4.69, 9.17) is 0 Å². The number of carbonyl (C=O) groups is 1. The summed E-state index contributed by atoms with van der Waals surface area (Å²) in [5.41, 5.74) is 1.01. The Labute approximate surface area is 119 Å². The lowest BCUT2D eigenvalue weighted by Gasteiger charge is -2.33. The number of amides is 1. The molecule has 112 valence electrons. The summed E-state index contributed by atoms with van der Waals surface area (Å²) in [6.07, 6.45) is 4.57. The van der Waals surface area contributed by atoms with E-state index in [-0.39, 0.29) is 11.7 Å². The molecule has 1 N–H and O–H groups in total. The fourth-order valence-electron chi connectivity index (χ4n) is 2.22. The number of sulfonamides is 1. The first-order chi connectivity index (χ1) is 9.53. The molecule has 7 nitrogen and oxygen atoms in total. The largest absolute Gasteiger partial charge is 0.340 e. The summed E-state index contributed by atoms with van der Waals surface area (Å²) in [6.45, 7) is 3.38. The third-order valence-corrected chi connectivity index (χ3v) is 5.41. The molecule has 2 rings (SSSR count). The average molecular weight is 300 g/mol. The molecule has 0 spiro atoms. The maximum absolute atomic E-state index is 12.0. The van der Waals surface area contributed by atoms with Crippen molar-refractivity contribution < 1.29 is 13.2 Å². The molecule has 1 saturated heterocycles. The van der Waals surface area contributed by atoms with Gasteiger partial charge in [0, 0.05) is 38.8 Å². The van der Waals surface area contributed by atoms with Gasteiger partial charge in [0.25, 0.3) is 0 Å². The van der Waals surface area contributed by atoms with Gasteiger partial charge in [0.2, 0.25) is 15.9 Å². The van der Waals surface area contributed by atoms with E-state index in [2.05, 4.69) is 10.2 Å². The van der Waals surface area contributed by atoms with E-state index in [0.717, 1.165) is 5.56 Å². The van der Waals surface area contributed by atoms with E-state index in [9.17, 15) is 13.2 Å². The third kappa shape index (κ3) is 3.57. The molecule has 1 aliphatic rings. The van der Waals surface area contributed by atoms with Crippen molar-refractivity contribution in [3.8, 4) is 0 Å². The number of aryl methyl sites for hydroxylation is 1. The van der Waals surface area contributed by atoms with E-state index in [1.54, 1.807) is 24.2 Å². The fourth-order valence-corrected chi connectivity index (χ4v) is 3.31. The number of nitrogens with zero attached hydrogens (tertiary/aromatic N) is 3. The number of rotatable bonds is 5. The summed E-state index contributed by atoms with van der Waals surface area (Å²) in [5.74, 6) is 0.182. The van der Waals surface area contributed by atoms with Crippen LogP contribution in [0.5, 0.6) is 0 Å². The molecule has 0 radical (unpaired) electrons. The molecule has 0 saturated carbocycles. The highest BCUT2D eigenvalue weighted by Gasteiger charge is 2.27. The van der Waals surface area contributed by atoms with Crippen LogP contribution >= 0.6 is 0 Å². The summed E-state index contributed by atoms with van der Waals surface area (Å²) in [6, 6.07) is 0. The normalized spacial score (nSPS) is 17.4. The topological polar surface area (TPSA) is 86.4 Å². The van der Waals surface area contributed by atoms with Gasteiger partial charge in [-0.2, -0.15) is 9.40 Å². The van der Waals surface area contributed by atoms with Gasteiger partial charge in [0.05, 0.1) is 11.9 Å². The molecule has 1 aromatic heterocycles. The van der Waals surface area contributed by atoms with Gasteiger partial charge < -0.3 is 4.90 Å². The van der Waals surface area contributed by atoms with Gasteiger partial charge in [-0.3, -0.25) is 9.89 Å². The van der Waals surface area contributed by atoms with Crippen LogP contribution in [0.2, 0.25) is 0 Å². The number of carbonyl (C=O) groups excluding carboxylic acids is 1. The molecule has 0 unspecified atom stereocenters. The van der Waals surface area contributed by atoms with Crippen LogP contribution in [0.25, 0.3) is 0 Å². The van der Waals surface area contributed by atoms with Crippen molar-refractivity contribution in [1.82, 2.24) is 19.4 Å². The average Bonchev–Trinajstić information content (AvgIpc) is 2.98. The molecule has 1 fully saturated rings. The Morgan fingerprint density at radius 2 is 2.05 bits per heavy atom. The van der Waals surface area contributed by atoms with Crippen LogP contribution < -0.4 is 0 Å². The second-order valence-electron chi connectivity index (χ2n) is 4.79. The zero-order valence-corrected chi connectivity index (χ0v) is 12.4. The molecule has 1 aliphatic heterocycles. The summed E-state index contributed by atoms with van der Waals surface area (Å²) in [5, 5.41) is 6.55. The van der Waals surface area contributed by atoms with Gasteiger partial charge in [-0.25, -0.2) is 8.42 Å². The molecule has 2 heterocycles. The Hall–Kier alpha value is -1.41. The van der Waals surface area contributed by atoms with E-state index in [1.807, 2.05) is 0 Å². The van der Waals surface area contributed by atoms with Crippen LogP contribution in [0.1, 0.15) is 18.9 Å². The number of aromatic amines is 1. The molecule has 0 aliphatic carbocycles. The summed E-state index contributed by atoms with van der Waals surface area (Å²) >= 11 is 0. The quantitative estimate of drug-likeness (QED) is 0.818. The van der Waals surface area contributed by atoms with Crippen molar-refractivity contribution >= 4 is 15.9 Å². The Kier molecular flexibility index (Phi) is 4.77. The van der Waals surface area contributed by atoms with Crippen LogP contribution in [0.3, 0.4) is 0 Å². The van der Waals surface area contributed by atoms with Gasteiger partial charge in [-0.15, -0.1) is 0 Å². The highest BCUT2D eigenvalue weighted by atomic mass is 32.2. The second kappa shape index (κ2) is 6.36. The van der Waals surface area contributed by atoms with E-state index < -0.39 is 10.0 Å². The Balaban J connectivity index is 1.80. The highest BCUT2D eigenvalue weighted by Crippen LogP contribution is 2.10. The molecule has 0 atom stereocenters. The molecular formula is C12H20N4O3S. The fraction of sp³-hybridized carbons (Fsp3) is 0.667. The van der Waals surface area contributed by atoms with Gasteiger partial charge in [-0.1, -0.05) is 0 Å². The first kappa shape index (κ1) is 15.0. The summed E-state index contributed by atoms with van der Waals surface area (Å²) in [4.78, 5) is 13.8. The minimum Gasteiger partial charge on any atom is -0.340 e. The van der Waals surface area contributed by atoms with Crippen LogP contribution in [0.15, 0.2) is 12.4 Å². The minimum atomic E-state index is -3.14. The van der Waals surface area contributed by atoms with Crippen molar-refractivity contribution in [3.63, 3.8) is 0 Å². The van der Waals surface area contributed by atoms with E-state index >= 15 is 0 Å². The maximum atomic E-state index is 12.0.